The Bertz CT molecular complexity index is 760. The van der Waals surface area contributed by atoms with Crippen LogP contribution in [0.15, 0.2) is 54.6 Å². The second-order valence-corrected chi connectivity index (χ2v) is 5.84. The number of hydrogen-bond acceptors (Lipinski definition) is 4. The minimum Gasteiger partial charge on any atom is -0.366 e. The van der Waals surface area contributed by atoms with Gasteiger partial charge in [-0.05, 0) is 29.2 Å². The Morgan fingerprint density at radius 2 is 1.74 bits per heavy atom. The maximum atomic E-state index is 5.77. The Labute approximate surface area is 136 Å². The van der Waals surface area contributed by atoms with Crippen LogP contribution in [0, 0.1) is 0 Å². The molecule has 5 heteroatoms. The highest BCUT2D eigenvalue weighted by Crippen LogP contribution is 2.18. The van der Waals surface area contributed by atoms with Gasteiger partial charge >= 0.3 is 0 Å². The summed E-state index contributed by atoms with van der Waals surface area (Å²) in [5.74, 6) is 1.44. The number of aromatic nitrogens is 3. The molecule has 23 heavy (non-hydrogen) atoms. The molecule has 0 aliphatic heterocycles. The average molecular weight is 307 g/mol. The van der Waals surface area contributed by atoms with E-state index in [0.717, 1.165) is 11.3 Å². The Balaban J connectivity index is 1.80. The van der Waals surface area contributed by atoms with Crippen molar-refractivity contribution in [3.05, 3.63) is 65.7 Å². The van der Waals surface area contributed by atoms with Crippen molar-refractivity contribution in [1.82, 2.24) is 14.8 Å². The van der Waals surface area contributed by atoms with Gasteiger partial charge in [0.05, 0.1) is 6.54 Å². The fourth-order valence-corrected chi connectivity index (χ4v) is 2.39. The standard InChI is InChI=1S/C18H21N5/c1-13(2)15-10-8-14(9-11-15)12-23-18(21-17(19)22-23)20-16-6-4-3-5-7-16/h3-11,13H,12H2,1-2H3,(H3,19,20,21,22). The molecule has 3 rings (SSSR count). The first-order valence-electron chi connectivity index (χ1n) is 7.73. The van der Waals surface area contributed by atoms with Crippen LogP contribution in [0.3, 0.4) is 0 Å². The van der Waals surface area contributed by atoms with Gasteiger partial charge in [-0.1, -0.05) is 56.3 Å². The maximum Gasteiger partial charge on any atom is 0.241 e. The first-order valence-corrected chi connectivity index (χ1v) is 7.73. The van der Waals surface area contributed by atoms with E-state index in [1.807, 2.05) is 30.3 Å². The minimum atomic E-state index is 0.266. The van der Waals surface area contributed by atoms with Crippen molar-refractivity contribution in [1.29, 1.82) is 0 Å². The summed E-state index contributed by atoms with van der Waals surface area (Å²) in [7, 11) is 0. The van der Waals surface area contributed by atoms with E-state index in [9.17, 15) is 0 Å². The number of benzene rings is 2. The Hall–Kier alpha value is -2.82. The van der Waals surface area contributed by atoms with E-state index in [2.05, 4.69) is 53.5 Å². The summed E-state index contributed by atoms with van der Waals surface area (Å²) in [5.41, 5.74) is 9.21. The fraction of sp³-hybridized carbons (Fsp3) is 0.222. The first kappa shape index (κ1) is 15.1. The van der Waals surface area contributed by atoms with Crippen LogP contribution in [-0.2, 0) is 6.54 Å². The molecule has 5 nitrogen and oxygen atoms in total. The van der Waals surface area contributed by atoms with E-state index in [0.29, 0.717) is 18.4 Å². The lowest BCUT2D eigenvalue weighted by Crippen LogP contribution is -2.07. The lowest BCUT2D eigenvalue weighted by molar-refractivity contribution is 0.696. The molecule has 3 aromatic rings. The molecule has 118 valence electrons. The van der Waals surface area contributed by atoms with Crippen molar-refractivity contribution in [2.75, 3.05) is 11.1 Å². The number of rotatable bonds is 5. The third-order valence-corrected chi connectivity index (χ3v) is 3.70. The molecule has 0 amide bonds. The van der Waals surface area contributed by atoms with Gasteiger partial charge in [-0.3, -0.25) is 0 Å². The van der Waals surface area contributed by atoms with Crippen molar-refractivity contribution in [2.45, 2.75) is 26.3 Å². The van der Waals surface area contributed by atoms with Gasteiger partial charge in [0.2, 0.25) is 11.9 Å². The highest BCUT2D eigenvalue weighted by Gasteiger charge is 2.09. The van der Waals surface area contributed by atoms with Gasteiger partial charge in [-0.15, -0.1) is 5.10 Å². The molecule has 3 N–H and O–H groups in total. The van der Waals surface area contributed by atoms with Gasteiger partial charge in [0, 0.05) is 5.69 Å². The highest BCUT2D eigenvalue weighted by atomic mass is 15.4. The third kappa shape index (κ3) is 3.69. The summed E-state index contributed by atoms with van der Waals surface area (Å²) in [6.07, 6.45) is 0. The van der Waals surface area contributed by atoms with Crippen LogP contribution >= 0.6 is 0 Å². The van der Waals surface area contributed by atoms with Crippen molar-refractivity contribution < 1.29 is 0 Å². The van der Waals surface area contributed by atoms with Crippen molar-refractivity contribution in [3.63, 3.8) is 0 Å². The number of hydrogen-bond donors (Lipinski definition) is 2. The van der Waals surface area contributed by atoms with Crippen LogP contribution in [0.4, 0.5) is 17.6 Å². The van der Waals surface area contributed by atoms with Crippen LogP contribution in [0.1, 0.15) is 30.9 Å². The van der Waals surface area contributed by atoms with E-state index in [-0.39, 0.29) is 5.95 Å². The molecule has 0 aliphatic carbocycles. The quantitative estimate of drug-likeness (QED) is 0.752. The molecule has 1 aromatic heterocycles. The molecular weight excluding hydrogens is 286 g/mol. The number of nitrogen functional groups attached to an aromatic ring is 1. The van der Waals surface area contributed by atoms with Crippen LogP contribution in [-0.4, -0.2) is 14.8 Å². The zero-order chi connectivity index (χ0) is 16.2. The van der Waals surface area contributed by atoms with Crippen LogP contribution < -0.4 is 11.1 Å². The van der Waals surface area contributed by atoms with Crippen LogP contribution in [0.25, 0.3) is 0 Å². The fourth-order valence-electron chi connectivity index (χ4n) is 2.39. The third-order valence-electron chi connectivity index (χ3n) is 3.70. The van der Waals surface area contributed by atoms with Crippen LogP contribution in [0.2, 0.25) is 0 Å². The van der Waals surface area contributed by atoms with E-state index in [1.54, 1.807) is 4.68 Å². The summed E-state index contributed by atoms with van der Waals surface area (Å²) < 4.78 is 1.78. The summed E-state index contributed by atoms with van der Waals surface area (Å²) >= 11 is 0. The van der Waals surface area contributed by atoms with Gasteiger partial charge in [0.15, 0.2) is 0 Å². The Morgan fingerprint density at radius 3 is 2.39 bits per heavy atom. The summed E-state index contributed by atoms with van der Waals surface area (Å²) in [4.78, 5) is 4.27. The van der Waals surface area contributed by atoms with Gasteiger partial charge in [-0.25, -0.2) is 4.68 Å². The lowest BCUT2D eigenvalue weighted by Gasteiger charge is -2.10. The highest BCUT2D eigenvalue weighted by molar-refractivity contribution is 5.54. The minimum absolute atomic E-state index is 0.266. The number of anilines is 3. The molecule has 0 atom stereocenters. The predicted molar refractivity (Wildman–Crippen MR) is 93.8 cm³/mol. The molecule has 1 heterocycles. The summed E-state index contributed by atoms with van der Waals surface area (Å²) in [6, 6.07) is 18.4. The molecular formula is C18H21N5. The molecule has 0 saturated carbocycles. The van der Waals surface area contributed by atoms with Crippen molar-refractivity contribution >= 4 is 17.6 Å². The van der Waals surface area contributed by atoms with Gasteiger partial charge < -0.3 is 11.1 Å². The molecule has 0 unspecified atom stereocenters. The largest absolute Gasteiger partial charge is 0.366 e. The number of para-hydroxylation sites is 1. The Morgan fingerprint density at radius 1 is 1.04 bits per heavy atom. The smallest absolute Gasteiger partial charge is 0.241 e. The van der Waals surface area contributed by atoms with Crippen molar-refractivity contribution in [3.8, 4) is 0 Å². The van der Waals surface area contributed by atoms with E-state index in [4.69, 9.17) is 5.73 Å². The second-order valence-electron chi connectivity index (χ2n) is 5.84. The zero-order valence-corrected chi connectivity index (χ0v) is 13.4. The summed E-state index contributed by atoms with van der Waals surface area (Å²) in [5, 5.41) is 7.53. The topological polar surface area (TPSA) is 68.8 Å². The molecule has 0 fully saturated rings. The molecule has 0 bridgehead atoms. The zero-order valence-electron chi connectivity index (χ0n) is 13.4. The molecule has 0 radical (unpaired) electrons. The molecule has 0 aliphatic rings. The van der Waals surface area contributed by atoms with Gasteiger partial charge in [0.1, 0.15) is 0 Å². The van der Waals surface area contributed by atoms with E-state index in [1.165, 1.54) is 5.56 Å². The average Bonchev–Trinajstić information content (AvgIpc) is 2.88. The van der Waals surface area contributed by atoms with E-state index < -0.39 is 0 Å². The monoisotopic (exact) mass is 307 g/mol. The number of nitrogens with one attached hydrogen (secondary N) is 1. The molecule has 0 saturated heterocycles. The SMILES string of the molecule is CC(C)c1ccc(Cn2nc(N)nc2Nc2ccccc2)cc1. The van der Waals surface area contributed by atoms with Gasteiger partial charge in [0.25, 0.3) is 0 Å². The molecule has 0 spiro atoms. The van der Waals surface area contributed by atoms with Gasteiger partial charge in [-0.2, -0.15) is 4.98 Å². The lowest BCUT2D eigenvalue weighted by atomic mass is 10.0. The van der Waals surface area contributed by atoms with Crippen LogP contribution in [0.5, 0.6) is 0 Å². The second kappa shape index (κ2) is 6.52. The van der Waals surface area contributed by atoms with E-state index >= 15 is 0 Å². The number of nitrogens with zero attached hydrogens (tertiary/aromatic N) is 3. The molecule has 2 aromatic carbocycles. The maximum absolute atomic E-state index is 5.77. The number of nitrogens with two attached hydrogens (primary N) is 1. The Kier molecular flexibility index (Phi) is 4.28. The normalized spacial score (nSPS) is 10.9. The summed E-state index contributed by atoms with van der Waals surface area (Å²) in [6.45, 7) is 5.00. The first-order chi connectivity index (χ1) is 11.1. The predicted octanol–water partition coefficient (Wildman–Crippen LogP) is 3.78. The van der Waals surface area contributed by atoms with Crippen molar-refractivity contribution in [2.24, 2.45) is 0 Å².